The largest absolute Gasteiger partial charge is 0.384 e. The van der Waals surface area contributed by atoms with Gasteiger partial charge in [-0.05, 0) is 31.4 Å². The Morgan fingerprint density at radius 3 is 3.05 bits per heavy atom. The summed E-state index contributed by atoms with van der Waals surface area (Å²) in [5.74, 6) is 0.00240. The van der Waals surface area contributed by atoms with Crippen LogP contribution in [0.4, 0.5) is 10.8 Å². The molecule has 110 valence electrons. The zero-order chi connectivity index (χ0) is 14.8. The number of hydrogen-bond acceptors (Lipinski definition) is 4. The highest BCUT2D eigenvalue weighted by atomic mass is 32.1. The summed E-state index contributed by atoms with van der Waals surface area (Å²) in [7, 11) is 0. The summed E-state index contributed by atoms with van der Waals surface area (Å²) >= 11 is 1.55. The van der Waals surface area contributed by atoms with Crippen molar-refractivity contribution in [3.05, 3.63) is 40.4 Å². The van der Waals surface area contributed by atoms with E-state index in [9.17, 15) is 4.79 Å². The van der Waals surface area contributed by atoms with Crippen LogP contribution in [0.15, 0.2) is 24.3 Å². The van der Waals surface area contributed by atoms with E-state index < -0.39 is 0 Å². The Kier molecular flexibility index (Phi) is 3.92. The fourth-order valence-electron chi connectivity index (χ4n) is 2.64. The Balaban J connectivity index is 1.69. The first-order chi connectivity index (χ1) is 10.2. The molecule has 3 rings (SSSR count). The maximum Gasteiger partial charge on any atom is 0.231 e. The fraction of sp³-hybridized carbons (Fsp3) is 0.375. The van der Waals surface area contributed by atoms with Gasteiger partial charge in [-0.25, -0.2) is 4.98 Å². The molecule has 1 atom stereocenters. The summed E-state index contributed by atoms with van der Waals surface area (Å²) in [4.78, 5) is 18.1. The second kappa shape index (κ2) is 5.85. The van der Waals surface area contributed by atoms with Crippen molar-refractivity contribution in [3.8, 4) is 0 Å². The molecule has 2 heterocycles. The minimum Gasteiger partial charge on any atom is -0.384 e. The average Bonchev–Trinajstić information content (AvgIpc) is 2.86. The van der Waals surface area contributed by atoms with E-state index in [1.54, 1.807) is 11.3 Å². The molecule has 2 N–H and O–H groups in total. The Hall–Kier alpha value is -1.88. The lowest BCUT2D eigenvalue weighted by Crippen LogP contribution is -2.33. The van der Waals surface area contributed by atoms with Crippen molar-refractivity contribution in [1.29, 1.82) is 0 Å². The van der Waals surface area contributed by atoms with Crippen LogP contribution in [-0.4, -0.2) is 17.4 Å². The minimum atomic E-state index is -0.0471. The number of rotatable bonds is 3. The maximum absolute atomic E-state index is 12.4. The first-order valence-electron chi connectivity index (χ1n) is 7.26. The number of aryl methyl sites for hydroxylation is 2. The van der Waals surface area contributed by atoms with Crippen LogP contribution in [0.3, 0.4) is 0 Å². The molecule has 1 amide bonds. The third kappa shape index (κ3) is 2.93. The number of aromatic nitrogens is 1. The van der Waals surface area contributed by atoms with Gasteiger partial charge in [-0.15, -0.1) is 11.3 Å². The SMILES string of the molecule is CCc1nc(NC(=O)C2CNc3ccccc3C2)sc1C. The van der Waals surface area contributed by atoms with Gasteiger partial charge in [-0.3, -0.25) is 4.79 Å². The van der Waals surface area contributed by atoms with Crippen molar-refractivity contribution in [3.63, 3.8) is 0 Å². The van der Waals surface area contributed by atoms with E-state index in [1.807, 2.05) is 19.1 Å². The average molecular weight is 301 g/mol. The van der Waals surface area contributed by atoms with Crippen LogP contribution in [0.25, 0.3) is 0 Å². The molecule has 0 saturated carbocycles. The number of carbonyl (C=O) groups excluding carboxylic acids is 1. The quantitative estimate of drug-likeness (QED) is 0.915. The van der Waals surface area contributed by atoms with Gasteiger partial charge in [0.1, 0.15) is 0 Å². The summed E-state index contributed by atoms with van der Waals surface area (Å²) in [5, 5.41) is 7.01. The fourth-order valence-corrected chi connectivity index (χ4v) is 3.55. The summed E-state index contributed by atoms with van der Waals surface area (Å²) in [6, 6.07) is 8.15. The highest BCUT2D eigenvalue weighted by Gasteiger charge is 2.25. The van der Waals surface area contributed by atoms with Crippen molar-refractivity contribution >= 4 is 28.1 Å². The molecule has 0 bridgehead atoms. The first kappa shape index (κ1) is 14.1. The standard InChI is InChI=1S/C16H19N3OS/c1-3-13-10(2)21-16(18-13)19-15(20)12-8-11-6-4-5-7-14(11)17-9-12/h4-7,12,17H,3,8-9H2,1-2H3,(H,18,19,20). The van der Waals surface area contributed by atoms with E-state index in [0.29, 0.717) is 11.7 Å². The van der Waals surface area contributed by atoms with Gasteiger partial charge in [0.15, 0.2) is 5.13 Å². The highest BCUT2D eigenvalue weighted by molar-refractivity contribution is 7.15. The topological polar surface area (TPSA) is 54.0 Å². The number of anilines is 2. The van der Waals surface area contributed by atoms with Crippen LogP contribution in [0, 0.1) is 12.8 Å². The molecule has 21 heavy (non-hydrogen) atoms. The highest BCUT2D eigenvalue weighted by Crippen LogP contribution is 2.27. The molecule has 5 heteroatoms. The van der Waals surface area contributed by atoms with Crippen LogP contribution in [0.5, 0.6) is 0 Å². The monoisotopic (exact) mass is 301 g/mol. The summed E-state index contributed by atoms with van der Waals surface area (Å²) in [6.45, 7) is 4.80. The maximum atomic E-state index is 12.4. The van der Waals surface area contributed by atoms with Crippen molar-refractivity contribution < 1.29 is 4.79 Å². The smallest absolute Gasteiger partial charge is 0.231 e. The van der Waals surface area contributed by atoms with Gasteiger partial charge in [0, 0.05) is 17.1 Å². The van der Waals surface area contributed by atoms with Crippen LogP contribution in [-0.2, 0) is 17.6 Å². The van der Waals surface area contributed by atoms with Crippen LogP contribution in [0.2, 0.25) is 0 Å². The van der Waals surface area contributed by atoms with Gasteiger partial charge < -0.3 is 10.6 Å². The number of amides is 1. The Bertz CT molecular complexity index is 665. The molecule has 0 fully saturated rings. The molecule has 1 unspecified atom stereocenters. The van der Waals surface area contributed by atoms with Gasteiger partial charge in [-0.2, -0.15) is 0 Å². The molecule has 1 aliphatic rings. The van der Waals surface area contributed by atoms with E-state index in [4.69, 9.17) is 0 Å². The molecular formula is C16H19N3OS. The van der Waals surface area contributed by atoms with Crippen molar-refractivity contribution in [2.75, 3.05) is 17.2 Å². The van der Waals surface area contributed by atoms with Gasteiger partial charge in [0.25, 0.3) is 0 Å². The molecule has 0 radical (unpaired) electrons. The number of nitrogens with one attached hydrogen (secondary N) is 2. The molecule has 1 aliphatic heterocycles. The number of fused-ring (bicyclic) bond motifs is 1. The van der Waals surface area contributed by atoms with Crippen LogP contribution in [0.1, 0.15) is 23.1 Å². The lowest BCUT2D eigenvalue weighted by molar-refractivity contribution is -0.119. The lowest BCUT2D eigenvalue weighted by atomic mass is 9.93. The normalized spacial score (nSPS) is 17.0. The molecular weight excluding hydrogens is 282 g/mol. The molecule has 2 aromatic rings. The number of carbonyl (C=O) groups is 1. The Morgan fingerprint density at radius 1 is 1.48 bits per heavy atom. The lowest BCUT2D eigenvalue weighted by Gasteiger charge is -2.24. The van der Waals surface area contributed by atoms with E-state index in [1.165, 1.54) is 10.4 Å². The van der Waals surface area contributed by atoms with Crippen molar-refractivity contribution in [2.45, 2.75) is 26.7 Å². The molecule has 1 aromatic carbocycles. The number of thiazole rings is 1. The van der Waals surface area contributed by atoms with E-state index in [0.717, 1.165) is 24.2 Å². The number of nitrogens with zero attached hydrogens (tertiary/aromatic N) is 1. The van der Waals surface area contributed by atoms with Crippen LogP contribution >= 0.6 is 11.3 Å². The summed E-state index contributed by atoms with van der Waals surface area (Å²) in [6.07, 6.45) is 1.68. The summed E-state index contributed by atoms with van der Waals surface area (Å²) in [5.41, 5.74) is 3.41. The minimum absolute atomic E-state index is 0.0471. The molecule has 0 saturated heterocycles. The number of para-hydroxylation sites is 1. The number of hydrogen-bond donors (Lipinski definition) is 2. The number of benzene rings is 1. The Labute approximate surface area is 128 Å². The van der Waals surface area contributed by atoms with Gasteiger partial charge in [0.2, 0.25) is 5.91 Å². The third-order valence-electron chi connectivity index (χ3n) is 3.85. The van der Waals surface area contributed by atoms with Crippen LogP contribution < -0.4 is 10.6 Å². The van der Waals surface area contributed by atoms with Gasteiger partial charge in [-0.1, -0.05) is 25.1 Å². The second-order valence-corrected chi connectivity index (χ2v) is 6.51. The Morgan fingerprint density at radius 2 is 2.29 bits per heavy atom. The van der Waals surface area contributed by atoms with E-state index in [2.05, 4.69) is 34.7 Å². The van der Waals surface area contributed by atoms with Crippen molar-refractivity contribution in [1.82, 2.24) is 4.98 Å². The first-order valence-corrected chi connectivity index (χ1v) is 8.08. The molecule has 0 spiro atoms. The van der Waals surface area contributed by atoms with Gasteiger partial charge in [0.05, 0.1) is 11.6 Å². The molecule has 0 aliphatic carbocycles. The van der Waals surface area contributed by atoms with E-state index in [-0.39, 0.29) is 11.8 Å². The van der Waals surface area contributed by atoms with Crippen molar-refractivity contribution in [2.24, 2.45) is 5.92 Å². The van der Waals surface area contributed by atoms with E-state index >= 15 is 0 Å². The second-order valence-electron chi connectivity index (χ2n) is 5.30. The zero-order valence-electron chi connectivity index (χ0n) is 12.3. The molecule has 1 aromatic heterocycles. The zero-order valence-corrected chi connectivity index (χ0v) is 13.1. The summed E-state index contributed by atoms with van der Waals surface area (Å²) < 4.78 is 0. The van der Waals surface area contributed by atoms with Gasteiger partial charge >= 0.3 is 0 Å². The predicted molar refractivity (Wildman–Crippen MR) is 87.0 cm³/mol. The third-order valence-corrected chi connectivity index (χ3v) is 4.78. The predicted octanol–water partition coefficient (Wildman–Crippen LogP) is 3.24. The molecule has 4 nitrogen and oxygen atoms in total.